The van der Waals surface area contributed by atoms with Gasteiger partial charge >= 0.3 is 0 Å². The van der Waals surface area contributed by atoms with E-state index in [-0.39, 0.29) is 5.82 Å². The van der Waals surface area contributed by atoms with Crippen LogP contribution in [0.1, 0.15) is 5.56 Å². The molecule has 0 amide bonds. The molecule has 84 valence electrons. The summed E-state index contributed by atoms with van der Waals surface area (Å²) in [6.07, 6.45) is 2.92. The molecule has 1 unspecified atom stereocenters. The van der Waals surface area contributed by atoms with Gasteiger partial charge < -0.3 is 5.32 Å². The van der Waals surface area contributed by atoms with Crippen molar-refractivity contribution in [1.29, 1.82) is 0 Å². The van der Waals surface area contributed by atoms with Crippen molar-refractivity contribution in [3.63, 3.8) is 0 Å². The summed E-state index contributed by atoms with van der Waals surface area (Å²) in [6.45, 7) is 0. The molecule has 0 spiro atoms. The van der Waals surface area contributed by atoms with Crippen LogP contribution in [-0.4, -0.2) is 25.1 Å². The van der Waals surface area contributed by atoms with Gasteiger partial charge in [-0.15, -0.1) is 0 Å². The summed E-state index contributed by atoms with van der Waals surface area (Å²) in [4.78, 5) is 0. The highest BCUT2D eigenvalue weighted by Crippen LogP contribution is 2.20. The van der Waals surface area contributed by atoms with E-state index in [0.29, 0.717) is 6.04 Å². The van der Waals surface area contributed by atoms with Crippen molar-refractivity contribution < 1.29 is 4.39 Å². The SMILES string of the molecule is CNC(CSC)Cc1cc(F)ccc1Br. The molecule has 0 bridgehead atoms. The Morgan fingerprint density at radius 3 is 2.87 bits per heavy atom. The van der Waals surface area contributed by atoms with Crippen LogP contribution in [0, 0.1) is 5.82 Å². The van der Waals surface area contributed by atoms with Crippen LogP contribution in [-0.2, 0) is 6.42 Å². The smallest absolute Gasteiger partial charge is 0.123 e. The summed E-state index contributed by atoms with van der Waals surface area (Å²) < 4.78 is 14.0. The molecule has 0 aliphatic heterocycles. The highest BCUT2D eigenvalue weighted by Gasteiger charge is 2.09. The van der Waals surface area contributed by atoms with E-state index in [2.05, 4.69) is 27.5 Å². The molecule has 4 heteroatoms. The number of halogens is 2. The molecule has 0 heterocycles. The van der Waals surface area contributed by atoms with Gasteiger partial charge in [0.25, 0.3) is 0 Å². The molecule has 0 fully saturated rings. The lowest BCUT2D eigenvalue weighted by Gasteiger charge is -2.15. The fourth-order valence-electron chi connectivity index (χ4n) is 1.41. The van der Waals surface area contributed by atoms with Gasteiger partial charge in [-0.25, -0.2) is 4.39 Å². The van der Waals surface area contributed by atoms with Gasteiger partial charge in [-0.1, -0.05) is 15.9 Å². The maximum atomic E-state index is 13.0. The van der Waals surface area contributed by atoms with Crippen molar-refractivity contribution in [2.45, 2.75) is 12.5 Å². The van der Waals surface area contributed by atoms with E-state index in [4.69, 9.17) is 0 Å². The first-order valence-corrected chi connectivity index (χ1v) is 6.96. The number of likely N-dealkylation sites (N-methyl/N-ethyl adjacent to an activating group) is 1. The molecule has 0 saturated heterocycles. The van der Waals surface area contributed by atoms with Crippen LogP contribution in [0.4, 0.5) is 4.39 Å². The molecule has 1 atom stereocenters. The second-order valence-electron chi connectivity index (χ2n) is 3.38. The quantitative estimate of drug-likeness (QED) is 0.895. The summed E-state index contributed by atoms with van der Waals surface area (Å²) >= 11 is 5.23. The van der Waals surface area contributed by atoms with E-state index in [0.717, 1.165) is 22.2 Å². The van der Waals surface area contributed by atoms with Crippen molar-refractivity contribution in [1.82, 2.24) is 5.32 Å². The van der Waals surface area contributed by atoms with Crippen molar-refractivity contribution in [3.05, 3.63) is 34.1 Å². The van der Waals surface area contributed by atoms with Gasteiger partial charge in [0.2, 0.25) is 0 Å². The first kappa shape index (κ1) is 13.0. The largest absolute Gasteiger partial charge is 0.316 e. The molecular weight excluding hydrogens is 277 g/mol. The second-order valence-corrected chi connectivity index (χ2v) is 5.15. The van der Waals surface area contributed by atoms with Crippen LogP contribution in [0.5, 0.6) is 0 Å². The molecule has 1 aromatic carbocycles. The molecule has 1 aromatic rings. The predicted molar refractivity (Wildman–Crippen MR) is 69.0 cm³/mol. The number of hydrogen-bond acceptors (Lipinski definition) is 2. The Labute approximate surface area is 103 Å². The van der Waals surface area contributed by atoms with Crippen LogP contribution in [0.3, 0.4) is 0 Å². The van der Waals surface area contributed by atoms with E-state index in [1.807, 2.05) is 7.05 Å². The third-order valence-corrected chi connectivity index (χ3v) is 3.76. The average molecular weight is 292 g/mol. The van der Waals surface area contributed by atoms with E-state index >= 15 is 0 Å². The number of rotatable bonds is 5. The Morgan fingerprint density at radius 1 is 1.53 bits per heavy atom. The van der Waals surface area contributed by atoms with Gasteiger partial charge in [0.05, 0.1) is 0 Å². The van der Waals surface area contributed by atoms with E-state index in [1.54, 1.807) is 23.9 Å². The number of nitrogens with one attached hydrogen (secondary N) is 1. The normalized spacial score (nSPS) is 12.8. The zero-order chi connectivity index (χ0) is 11.3. The van der Waals surface area contributed by atoms with Gasteiger partial charge in [-0.05, 0) is 43.5 Å². The molecule has 0 aromatic heterocycles. The standard InChI is InChI=1S/C11H15BrFNS/c1-14-10(7-15-2)6-8-5-9(13)3-4-11(8)12/h3-5,10,14H,6-7H2,1-2H3. The number of thioether (sulfide) groups is 1. The average Bonchev–Trinajstić information content (AvgIpc) is 2.22. The summed E-state index contributed by atoms with van der Waals surface area (Å²) in [5.41, 5.74) is 1.02. The summed E-state index contributed by atoms with van der Waals surface area (Å²) in [6, 6.07) is 5.21. The highest BCUT2D eigenvalue weighted by molar-refractivity contribution is 9.10. The van der Waals surface area contributed by atoms with E-state index in [1.165, 1.54) is 6.07 Å². The molecule has 15 heavy (non-hydrogen) atoms. The molecular formula is C11H15BrFNS. The second kappa shape index (κ2) is 6.51. The first-order valence-electron chi connectivity index (χ1n) is 4.77. The van der Waals surface area contributed by atoms with Crippen molar-refractivity contribution in [3.8, 4) is 0 Å². The van der Waals surface area contributed by atoms with Crippen LogP contribution < -0.4 is 5.32 Å². The van der Waals surface area contributed by atoms with E-state index < -0.39 is 0 Å². The molecule has 1 rings (SSSR count). The topological polar surface area (TPSA) is 12.0 Å². The molecule has 0 saturated carbocycles. The summed E-state index contributed by atoms with van der Waals surface area (Å²) in [5, 5.41) is 3.23. The zero-order valence-electron chi connectivity index (χ0n) is 8.89. The van der Waals surface area contributed by atoms with Crippen molar-refractivity contribution >= 4 is 27.7 Å². The lowest BCUT2D eigenvalue weighted by molar-refractivity contribution is 0.601. The Morgan fingerprint density at radius 2 is 2.27 bits per heavy atom. The minimum Gasteiger partial charge on any atom is -0.316 e. The van der Waals surface area contributed by atoms with Gasteiger partial charge in [-0.2, -0.15) is 11.8 Å². The van der Waals surface area contributed by atoms with Crippen LogP contribution in [0.15, 0.2) is 22.7 Å². The Kier molecular flexibility index (Phi) is 5.64. The van der Waals surface area contributed by atoms with Gasteiger partial charge in [0.1, 0.15) is 5.82 Å². The highest BCUT2D eigenvalue weighted by atomic mass is 79.9. The third-order valence-electron chi connectivity index (χ3n) is 2.25. The Hall–Kier alpha value is -0.0600. The fraction of sp³-hybridized carbons (Fsp3) is 0.455. The summed E-state index contributed by atoms with van der Waals surface area (Å²) in [7, 11) is 1.94. The van der Waals surface area contributed by atoms with Crippen molar-refractivity contribution in [2.24, 2.45) is 0 Å². The van der Waals surface area contributed by atoms with Crippen LogP contribution >= 0.6 is 27.7 Å². The Balaban J connectivity index is 2.73. The lowest BCUT2D eigenvalue weighted by atomic mass is 10.1. The van der Waals surface area contributed by atoms with Gasteiger partial charge in [0.15, 0.2) is 0 Å². The monoisotopic (exact) mass is 291 g/mol. The molecule has 0 aliphatic rings. The molecule has 1 nitrogen and oxygen atoms in total. The third kappa shape index (κ3) is 4.13. The fourth-order valence-corrected chi connectivity index (χ4v) is 2.51. The minimum absolute atomic E-state index is 0.174. The minimum atomic E-state index is -0.174. The molecule has 1 N–H and O–H groups in total. The first-order chi connectivity index (χ1) is 7.17. The zero-order valence-corrected chi connectivity index (χ0v) is 11.3. The van der Waals surface area contributed by atoms with Gasteiger partial charge in [0, 0.05) is 16.3 Å². The van der Waals surface area contributed by atoms with E-state index in [9.17, 15) is 4.39 Å². The summed E-state index contributed by atoms with van der Waals surface area (Å²) in [5.74, 6) is 0.853. The van der Waals surface area contributed by atoms with Crippen LogP contribution in [0.25, 0.3) is 0 Å². The van der Waals surface area contributed by atoms with Crippen molar-refractivity contribution in [2.75, 3.05) is 19.1 Å². The van der Waals surface area contributed by atoms with Crippen LogP contribution in [0.2, 0.25) is 0 Å². The number of benzene rings is 1. The maximum absolute atomic E-state index is 13.0. The molecule has 0 radical (unpaired) electrons. The maximum Gasteiger partial charge on any atom is 0.123 e. The predicted octanol–water partition coefficient (Wildman–Crippen LogP) is 3.08. The number of hydrogen-bond donors (Lipinski definition) is 1. The van der Waals surface area contributed by atoms with Gasteiger partial charge in [-0.3, -0.25) is 0 Å². The Bertz CT molecular complexity index is 319. The lowest BCUT2D eigenvalue weighted by Crippen LogP contribution is -2.30. The molecule has 0 aliphatic carbocycles.